The molecule has 162 valence electrons. The molecule has 7 heteroatoms. The van der Waals surface area contributed by atoms with Gasteiger partial charge in [-0.3, -0.25) is 4.90 Å². The van der Waals surface area contributed by atoms with E-state index >= 15 is 0 Å². The summed E-state index contributed by atoms with van der Waals surface area (Å²) in [6, 6.07) is 15.2. The number of rotatable bonds is 7. The highest BCUT2D eigenvalue weighted by molar-refractivity contribution is 5.67. The van der Waals surface area contributed by atoms with Gasteiger partial charge in [-0.15, -0.1) is 0 Å². The lowest BCUT2D eigenvalue weighted by atomic mass is 10.0. The van der Waals surface area contributed by atoms with Gasteiger partial charge in [-0.2, -0.15) is 0 Å². The van der Waals surface area contributed by atoms with Crippen molar-refractivity contribution < 1.29 is 13.9 Å². The van der Waals surface area contributed by atoms with E-state index in [1.165, 1.54) is 12.1 Å². The Hall–Kier alpha value is -2.80. The Morgan fingerprint density at radius 3 is 2.27 bits per heavy atom. The summed E-state index contributed by atoms with van der Waals surface area (Å²) < 4.78 is 18.3. The van der Waals surface area contributed by atoms with Crippen molar-refractivity contribution in [2.75, 3.05) is 63.2 Å². The minimum Gasteiger partial charge on any atom is -0.450 e. The van der Waals surface area contributed by atoms with Crippen LogP contribution in [0.15, 0.2) is 48.5 Å². The van der Waals surface area contributed by atoms with E-state index in [4.69, 9.17) is 4.74 Å². The molecular formula is C23H31FN4O2. The Labute approximate surface area is 178 Å². The summed E-state index contributed by atoms with van der Waals surface area (Å²) in [5.74, 6) is -0.219. The summed E-state index contributed by atoms with van der Waals surface area (Å²) >= 11 is 0. The van der Waals surface area contributed by atoms with Crippen LogP contribution in [0.1, 0.15) is 18.5 Å². The number of benzene rings is 2. The first kappa shape index (κ1) is 21.9. The van der Waals surface area contributed by atoms with Gasteiger partial charge in [0.25, 0.3) is 0 Å². The van der Waals surface area contributed by atoms with Crippen LogP contribution >= 0.6 is 0 Å². The smallest absolute Gasteiger partial charge is 0.407 e. The number of carbonyl (C=O) groups is 1. The topological polar surface area (TPSA) is 48.1 Å². The van der Waals surface area contributed by atoms with Crippen molar-refractivity contribution in [3.8, 4) is 0 Å². The number of hydrogen-bond acceptors (Lipinski definition) is 5. The van der Waals surface area contributed by atoms with Gasteiger partial charge in [0.1, 0.15) is 5.82 Å². The average Bonchev–Trinajstić information content (AvgIpc) is 2.75. The second-order valence-corrected chi connectivity index (χ2v) is 7.60. The van der Waals surface area contributed by atoms with Gasteiger partial charge >= 0.3 is 6.09 Å². The lowest BCUT2D eigenvalue weighted by molar-refractivity contribution is 0.140. The molecule has 30 heavy (non-hydrogen) atoms. The molecule has 1 N–H and O–H groups in total. The predicted molar refractivity (Wildman–Crippen MR) is 119 cm³/mol. The Morgan fingerprint density at radius 2 is 1.70 bits per heavy atom. The summed E-state index contributed by atoms with van der Waals surface area (Å²) in [6.45, 7) is 6.02. The van der Waals surface area contributed by atoms with E-state index in [9.17, 15) is 9.18 Å². The Kier molecular flexibility index (Phi) is 7.52. The lowest BCUT2D eigenvalue weighted by Crippen LogP contribution is -2.50. The fraction of sp³-hybridized carbons (Fsp3) is 0.435. The van der Waals surface area contributed by atoms with Crippen LogP contribution in [0.25, 0.3) is 0 Å². The van der Waals surface area contributed by atoms with Crippen molar-refractivity contribution in [2.45, 2.75) is 13.0 Å². The molecule has 1 atom stereocenters. The van der Waals surface area contributed by atoms with E-state index in [-0.39, 0.29) is 11.9 Å². The van der Waals surface area contributed by atoms with Crippen molar-refractivity contribution in [2.24, 2.45) is 0 Å². The summed E-state index contributed by atoms with van der Waals surface area (Å²) in [5, 5.41) is 2.90. The first-order valence-corrected chi connectivity index (χ1v) is 10.4. The lowest BCUT2D eigenvalue weighted by Gasteiger charge is -2.40. The number of nitrogens with zero attached hydrogens (tertiary/aromatic N) is 3. The Morgan fingerprint density at radius 1 is 1.07 bits per heavy atom. The van der Waals surface area contributed by atoms with Crippen molar-refractivity contribution in [3.05, 3.63) is 59.9 Å². The molecule has 0 spiro atoms. The summed E-state index contributed by atoms with van der Waals surface area (Å²) in [6.07, 6.45) is -0.391. The van der Waals surface area contributed by atoms with Gasteiger partial charge < -0.3 is 19.9 Å². The standard InChI is InChI=1S/C23H31FN4O2/c1-4-30-23(29)25-17-22(18-5-9-20(10-6-18)26(2)3)28-15-13-27(14-16-28)21-11-7-19(24)8-12-21/h5-12,22H,4,13-17H2,1-3H3,(H,25,29)/t22-/m0/s1. The number of alkyl carbamates (subject to hydrolysis) is 1. The summed E-state index contributed by atoms with van der Waals surface area (Å²) in [5.41, 5.74) is 3.33. The van der Waals surface area contributed by atoms with E-state index in [0.29, 0.717) is 13.2 Å². The maximum Gasteiger partial charge on any atom is 0.407 e. The highest BCUT2D eigenvalue weighted by Crippen LogP contribution is 2.26. The van der Waals surface area contributed by atoms with Crippen LogP contribution in [0, 0.1) is 5.82 Å². The van der Waals surface area contributed by atoms with Gasteiger partial charge in [0.05, 0.1) is 12.6 Å². The highest BCUT2D eigenvalue weighted by atomic mass is 19.1. The number of amides is 1. The molecule has 6 nitrogen and oxygen atoms in total. The molecule has 1 saturated heterocycles. The zero-order valence-electron chi connectivity index (χ0n) is 18.0. The van der Waals surface area contributed by atoms with E-state index in [1.807, 2.05) is 26.2 Å². The molecule has 0 unspecified atom stereocenters. The minimum atomic E-state index is -0.391. The molecule has 0 bridgehead atoms. The largest absolute Gasteiger partial charge is 0.450 e. The van der Waals surface area contributed by atoms with Gasteiger partial charge in [-0.05, 0) is 48.9 Å². The van der Waals surface area contributed by atoms with Crippen LogP contribution in [-0.2, 0) is 4.74 Å². The van der Waals surface area contributed by atoms with Gasteiger partial charge in [-0.25, -0.2) is 9.18 Å². The maximum atomic E-state index is 13.2. The van der Waals surface area contributed by atoms with Gasteiger partial charge in [-0.1, -0.05) is 12.1 Å². The van der Waals surface area contributed by atoms with Gasteiger partial charge in [0, 0.05) is 58.2 Å². The maximum absolute atomic E-state index is 13.2. The Balaban J connectivity index is 1.70. The summed E-state index contributed by atoms with van der Waals surface area (Å²) in [4.78, 5) is 18.6. The quantitative estimate of drug-likeness (QED) is 0.752. The number of nitrogens with one attached hydrogen (secondary N) is 1. The van der Waals surface area contributed by atoms with Crippen molar-refractivity contribution >= 4 is 17.5 Å². The van der Waals surface area contributed by atoms with E-state index in [1.54, 1.807) is 6.92 Å². The molecule has 1 heterocycles. The predicted octanol–water partition coefficient (Wildman–Crippen LogP) is 3.50. The number of hydrogen-bond donors (Lipinski definition) is 1. The molecule has 1 aliphatic rings. The molecule has 3 rings (SSSR count). The fourth-order valence-corrected chi connectivity index (χ4v) is 3.76. The molecule has 0 aliphatic carbocycles. The molecule has 2 aromatic rings. The highest BCUT2D eigenvalue weighted by Gasteiger charge is 2.26. The fourth-order valence-electron chi connectivity index (χ4n) is 3.76. The second-order valence-electron chi connectivity index (χ2n) is 7.60. The normalized spacial score (nSPS) is 15.5. The Bertz CT molecular complexity index is 803. The van der Waals surface area contributed by atoms with Crippen LogP contribution in [0.5, 0.6) is 0 Å². The molecule has 0 radical (unpaired) electrons. The number of piperazine rings is 1. The third kappa shape index (κ3) is 5.63. The van der Waals surface area contributed by atoms with Crippen LogP contribution in [0.2, 0.25) is 0 Å². The molecule has 1 aliphatic heterocycles. The van der Waals surface area contributed by atoms with Crippen LogP contribution in [0.4, 0.5) is 20.6 Å². The first-order chi connectivity index (χ1) is 14.5. The van der Waals surface area contributed by atoms with E-state index in [2.05, 4.69) is 44.3 Å². The van der Waals surface area contributed by atoms with E-state index in [0.717, 1.165) is 43.1 Å². The SMILES string of the molecule is CCOC(=O)NC[C@@H](c1ccc(N(C)C)cc1)N1CCN(c2ccc(F)cc2)CC1. The monoisotopic (exact) mass is 414 g/mol. The number of carbonyl (C=O) groups excluding carboxylic acids is 1. The average molecular weight is 415 g/mol. The second kappa shape index (κ2) is 10.3. The summed E-state index contributed by atoms with van der Waals surface area (Å²) in [7, 11) is 4.03. The number of halogens is 1. The molecule has 1 amide bonds. The molecule has 0 aromatic heterocycles. The number of anilines is 2. The zero-order chi connectivity index (χ0) is 21.5. The third-order valence-corrected chi connectivity index (χ3v) is 5.46. The van der Waals surface area contributed by atoms with E-state index < -0.39 is 6.09 Å². The third-order valence-electron chi connectivity index (χ3n) is 5.46. The zero-order valence-corrected chi connectivity index (χ0v) is 18.0. The first-order valence-electron chi connectivity index (χ1n) is 10.4. The molecular weight excluding hydrogens is 383 g/mol. The van der Waals surface area contributed by atoms with Crippen LogP contribution < -0.4 is 15.1 Å². The van der Waals surface area contributed by atoms with Crippen molar-refractivity contribution in [1.29, 1.82) is 0 Å². The molecule has 2 aromatic carbocycles. The molecule has 1 fully saturated rings. The number of ether oxygens (including phenoxy) is 1. The minimum absolute atomic E-state index is 0.0565. The van der Waals surface area contributed by atoms with Gasteiger partial charge in [0.15, 0.2) is 0 Å². The molecule has 0 saturated carbocycles. The van der Waals surface area contributed by atoms with Gasteiger partial charge in [0.2, 0.25) is 0 Å². The van der Waals surface area contributed by atoms with Crippen molar-refractivity contribution in [3.63, 3.8) is 0 Å². The van der Waals surface area contributed by atoms with Crippen LogP contribution in [-0.4, -0.2) is 64.4 Å². The van der Waals surface area contributed by atoms with Crippen molar-refractivity contribution in [1.82, 2.24) is 10.2 Å². The van der Waals surface area contributed by atoms with Crippen LogP contribution in [0.3, 0.4) is 0 Å².